The third-order valence-corrected chi connectivity index (χ3v) is 6.69. The van der Waals surface area contributed by atoms with Gasteiger partial charge in [-0.3, -0.25) is 14.4 Å². The minimum Gasteiger partial charge on any atom is -0.481 e. The lowest BCUT2D eigenvalue weighted by Gasteiger charge is -2.22. The van der Waals surface area contributed by atoms with Crippen LogP contribution in [0.1, 0.15) is 75.2 Å². The molecular formula is C27H36ClN5O4. The van der Waals surface area contributed by atoms with Crippen LogP contribution >= 0.6 is 11.6 Å². The lowest BCUT2D eigenvalue weighted by molar-refractivity contribution is -0.136. The number of benzene rings is 1. The van der Waals surface area contributed by atoms with E-state index in [4.69, 9.17) is 11.6 Å². The van der Waals surface area contributed by atoms with Gasteiger partial charge in [0, 0.05) is 37.2 Å². The van der Waals surface area contributed by atoms with Gasteiger partial charge < -0.3 is 20.6 Å². The Morgan fingerprint density at radius 1 is 1.08 bits per heavy atom. The van der Waals surface area contributed by atoms with Crippen molar-refractivity contribution in [2.75, 3.05) is 23.8 Å². The average molecular weight is 530 g/mol. The number of nitrogens with zero attached hydrogens (tertiary/aromatic N) is 3. The van der Waals surface area contributed by atoms with E-state index in [1.807, 2.05) is 24.3 Å². The van der Waals surface area contributed by atoms with Crippen molar-refractivity contribution < 1.29 is 19.5 Å². The number of aromatic nitrogens is 2. The van der Waals surface area contributed by atoms with Crippen LogP contribution in [0, 0.1) is 0 Å². The monoisotopic (exact) mass is 529 g/mol. The number of amides is 2. The van der Waals surface area contributed by atoms with Crippen LogP contribution in [-0.2, 0) is 27.2 Å². The Hall–Kier alpha value is -3.20. The fourth-order valence-electron chi connectivity index (χ4n) is 4.47. The number of nitrogens with one attached hydrogen (secondary N) is 2. The van der Waals surface area contributed by atoms with Crippen LogP contribution in [0.2, 0.25) is 5.15 Å². The molecule has 1 aromatic carbocycles. The predicted molar refractivity (Wildman–Crippen MR) is 144 cm³/mol. The van der Waals surface area contributed by atoms with E-state index in [9.17, 15) is 19.5 Å². The molecule has 2 aromatic rings. The van der Waals surface area contributed by atoms with Crippen LogP contribution in [0.25, 0.3) is 0 Å². The van der Waals surface area contributed by atoms with E-state index in [2.05, 4.69) is 27.5 Å². The van der Waals surface area contributed by atoms with Crippen LogP contribution in [0.4, 0.5) is 11.5 Å². The van der Waals surface area contributed by atoms with Gasteiger partial charge in [-0.25, -0.2) is 9.97 Å². The Labute approximate surface area is 223 Å². The summed E-state index contributed by atoms with van der Waals surface area (Å²) in [5.41, 5.74) is 1.89. The van der Waals surface area contributed by atoms with Crippen molar-refractivity contribution in [1.82, 2.24) is 15.3 Å². The Morgan fingerprint density at radius 2 is 1.78 bits per heavy atom. The van der Waals surface area contributed by atoms with E-state index in [0.29, 0.717) is 24.5 Å². The smallest absolute Gasteiger partial charge is 0.308 e. The Bertz CT molecular complexity index is 1090. The van der Waals surface area contributed by atoms with Crippen LogP contribution in [0.3, 0.4) is 0 Å². The Morgan fingerprint density at radius 3 is 2.43 bits per heavy atom. The minimum atomic E-state index is -1.06. The maximum atomic E-state index is 12.6. The second-order valence-corrected chi connectivity index (χ2v) is 9.95. The summed E-state index contributed by atoms with van der Waals surface area (Å²) in [5, 5.41) is 15.4. The third-order valence-electron chi connectivity index (χ3n) is 6.38. The average Bonchev–Trinajstić information content (AvgIpc) is 3.34. The van der Waals surface area contributed by atoms with E-state index in [1.165, 1.54) is 0 Å². The molecule has 1 saturated carbocycles. The van der Waals surface area contributed by atoms with Crippen molar-refractivity contribution in [2.45, 2.75) is 77.2 Å². The number of hydrogen-bond donors (Lipinski definition) is 3. The molecule has 10 heteroatoms. The Kier molecular flexibility index (Phi) is 10.7. The molecule has 2 amide bonds. The second kappa shape index (κ2) is 13.9. The molecule has 1 heterocycles. The molecule has 1 fully saturated rings. The first-order chi connectivity index (χ1) is 17.7. The minimum absolute atomic E-state index is 0.00465. The van der Waals surface area contributed by atoms with Crippen LogP contribution < -0.4 is 15.5 Å². The zero-order valence-electron chi connectivity index (χ0n) is 21.6. The number of unbranched alkanes of at least 4 members (excludes halogenated alkanes) is 2. The summed E-state index contributed by atoms with van der Waals surface area (Å²) in [5.74, 6) is -0.464. The highest BCUT2D eigenvalue weighted by atomic mass is 35.5. The molecule has 0 unspecified atom stereocenters. The van der Waals surface area contributed by atoms with E-state index in [0.717, 1.165) is 56.2 Å². The topological polar surface area (TPSA) is 125 Å². The number of aliphatic carboxylic acids is 1. The summed E-state index contributed by atoms with van der Waals surface area (Å²) in [6.45, 7) is 2.13. The number of carboxylic acid groups (broad SMARTS) is 1. The number of halogens is 1. The molecule has 1 aliphatic carbocycles. The van der Waals surface area contributed by atoms with E-state index in [1.54, 1.807) is 11.9 Å². The fourth-order valence-corrected chi connectivity index (χ4v) is 4.72. The van der Waals surface area contributed by atoms with Gasteiger partial charge in [0.05, 0.1) is 13.0 Å². The largest absolute Gasteiger partial charge is 0.481 e. The maximum Gasteiger partial charge on any atom is 0.308 e. The summed E-state index contributed by atoms with van der Waals surface area (Å²) in [7, 11) is 1.69. The van der Waals surface area contributed by atoms with Gasteiger partial charge in [0.25, 0.3) is 0 Å². The second-order valence-electron chi connectivity index (χ2n) is 9.59. The molecule has 37 heavy (non-hydrogen) atoms. The molecule has 0 atom stereocenters. The van der Waals surface area contributed by atoms with E-state index >= 15 is 0 Å². The summed E-state index contributed by atoms with van der Waals surface area (Å²) < 4.78 is 0. The number of carbonyl (C=O) groups is 3. The maximum absolute atomic E-state index is 12.6. The van der Waals surface area contributed by atoms with Crippen LogP contribution in [0.15, 0.2) is 24.3 Å². The van der Waals surface area contributed by atoms with Crippen LogP contribution in [0.5, 0.6) is 0 Å². The molecule has 0 radical (unpaired) electrons. The molecule has 3 N–H and O–H groups in total. The zero-order valence-corrected chi connectivity index (χ0v) is 22.3. The summed E-state index contributed by atoms with van der Waals surface area (Å²) in [6, 6.07) is 7.60. The van der Waals surface area contributed by atoms with E-state index < -0.39 is 5.97 Å². The lowest BCUT2D eigenvalue weighted by atomic mass is 10.1. The SMILES string of the molecule is CCCCCC(=O)Nc1ccc(Cc2nc(Cl)c(CC(=O)O)c(N(C)CC(=O)NC3CCCC3)n2)cc1. The molecule has 1 aliphatic rings. The number of anilines is 2. The molecule has 0 saturated heterocycles. The van der Waals surface area contributed by atoms with Gasteiger partial charge in [0.1, 0.15) is 16.8 Å². The van der Waals surface area contributed by atoms with Gasteiger partial charge in [0.2, 0.25) is 11.8 Å². The summed E-state index contributed by atoms with van der Waals surface area (Å²) in [4.78, 5) is 46.7. The molecule has 0 spiro atoms. The highest BCUT2D eigenvalue weighted by Crippen LogP contribution is 2.26. The predicted octanol–water partition coefficient (Wildman–Crippen LogP) is 4.36. The van der Waals surface area contributed by atoms with Crippen molar-refractivity contribution >= 4 is 40.9 Å². The third kappa shape index (κ3) is 9.00. The number of likely N-dealkylation sites (N-methyl/N-ethyl adjacent to an activating group) is 1. The van der Waals surface area contributed by atoms with Crippen molar-refractivity contribution in [1.29, 1.82) is 0 Å². The van der Waals surface area contributed by atoms with Crippen molar-refractivity contribution in [2.24, 2.45) is 0 Å². The zero-order chi connectivity index (χ0) is 26.8. The molecule has 9 nitrogen and oxygen atoms in total. The Balaban J connectivity index is 1.71. The quantitative estimate of drug-likeness (QED) is 0.260. The highest BCUT2D eigenvalue weighted by molar-refractivity contribution is 6.30. The number of hydrogen-bond acceptors (Lipinski definition) is 6. The molecular weight excluding hydrogens is 494 g/mol. The number of rotatable bonds is 13. The van der Waals surface area contributed by atoms with Gasteiger partial charge in [-0.05, 0) is 37.0 Å². The first kappa shape index (κ1) is 28.4. The molecule has 200 valence electrons. The van der Waals surface area contributed by atoms with Gasteiger partial charge in [-0.2, -0.15) is 0 Å². The van der Waals surface area contributed by atoms with Gasteiger partial charge in [-0.1, -0.05) is 56.3 Å². The molecule has 0 aliphatic heterocycles. The molecule has 0 bridgehead atoms. The number of carbonyl (C=O) groups excluding carboxylic acids is 2. The standard InChI is InChI=1S/C27H36ClN5O4/c1-3-4-5-10-23(34)29-20-13-11-18(12-14-20)15-22-31-26(28)21(16-25(36)37)27(32-22)33(2)17-24(35)30-19-8-6-7-9-19/h11-14,19H,3-10,15-17H2,1-2H3,(H,29,34)(H,30,35)(H,36,37). The summed E-state index contributed by atoms with van der Waals surface area (Å²) >= 11 is 6.41. The summed E-state index contributed by atoms with van der Waals surface area (Å²) in [6.07, 6.45) is 7.65. The molecule has 3 rings (SSSR count). The van der Waals surface area contributed by atoms with Crippen molar-refractivity contribution in [3.63, 3.8) is 0 Å². The van der Waals surface area contributed by atoms with Crippen molar-refractivity contribution in [3.05, 3.63) is 46.4 Å². The number of carboxylic acids is 1. The first-order valence-electron chi connectivity index (χ1n) is 12.9. The van der Waals surface area contributed by atoms with E-state index in [-0.39, 0.29) is 41.5 Å². The van der Waals surface area contributed by atoms with Gasteiger partial charge in [0.15, 0.2) is 0 Å². The normalized spacial score (nSPS) is 13.4. The van der Waals surface area contributed by atoms with Crippen LogP contribution in [-0.4, -0.2) is 52.5 Å². The van der Waals surface area contributed by atoms with Gasteiger partial charge >= 0.3 is 5.97 Å². The van der Waals surface area contributed by atoms with Gasteiger partial charge in [-0.15, -0.1) is 0 Å². The lowest BCUT2D eigenvalue weighted by Crippen LogP contribution is -2.40. The van der Waals surface area contributed by atoms with Crippen molar-refractivity contribution in [3.8, 4) is 0 Å². The fraction of sp³-hybridized carbons (Fsp3) is 0.519. The first-order valence-corrected chi connectivity index (χ1v) is 13.3. The highest BCUT2D eigenvalue weighted by Gasteiger charge is 2.22. The molecule has 1 aromatic heterocycles.